The van der Waals surface area contributed by atoms with E-state index in [1.807, 2.05) is 0 Å². The van der Waals surface area contributed by atoms with E-state index in [0.29, 0.717) is 22.4 Å². The van der Waals surface area contributed by atoms with Crippen molar-refractivity contribution in [3.05, 3.63) is 63.1 Å². The van der Waals surface area contributed by atoms with Crippen LogP contribution in [0, 0.1) is 13.8 Å². The summed E-state index contributed by atoms with van der Waals surface area (Å²) in [4.78, 5) is 30.7. The molecule has 0 radical (unpaired) electrons. The molecule has 0 saturated carbocycles. The number of aromatic nitrogens is 2. The topological polar surface area (TPSA) is 83.1 Å². The number of carbonyl (C=O) groups is 1. The number of halogens is 3. The molecule has 0 saturated heterocycles. The summed E-state index contributed by atoms with van der Waals surface area (Å²) < 4.78 is 40.5. The lowest BCUT2D eigenvalue weighted by molar-refractivity contribution is -0.180. The zero-order chi connectivity index (χ0) is 21.7. The number of carboxylic acids is 1. The Bertz CT molecular complexity index is 1190. The van der Waals surface area contributed by atoms with Crippen LogP contribution in [-0.2, 0) is 5.41 Å². The first-order chi connectivity index (χ1) is 13.3. The van der Waals surface area contributed by atoms with Crippen molar-refractivity contribution >= 4 is 16.9 Å². The molecule has 0 aliphatic carbocycles. The van der Waals surface area contributed by atoms with Gasteiger partial charge in [-0.05, 0) is 56.5 Å². The molecule has 1 aromatic carbocycles. The lowest BCUT2D eigenvalue weighted by atomic mass is 9.79. The second kappa shape index (κ2) is 6.72. The number of hydrogen-bond acceptors (Lipinski definition) is 3. The Kier molecular flexibility index (Phi) is 4.77. The quantitative estimate of drug-likeness (QED) is 0.660. The standard InChI is InChI=1S/C21H19F3N2O3/c1-10-8-13(20(3,4)21(22,23)24)11(2)7-12(10)15-9-16(27)17-14(26-15)5-6-25-18(17)19(28)29/h5-9H,1-4H3,(H,26,27)(H,28,29). The maximum Gasteiger partial charge on any atom is 0.397 e. The highest BCUT2D eigenvalue weighted by atomic mass is 19.4. The van der Waals surface area contributed by atoms with E-state index in [-0.39, 0.29) is 22.2 Å². The Morgan fingerprint density at radius 2 is 1.76 bits per heavy atom. The van der Waals surface area contributed by atoms with E-state index in [1.165, 1.54) is 24.4 Å². The Hall–Kier alpha value is -3.16. The third-order valence-corrected chi connectivity index (χ3v) is 5.19. The number of pyridine rings is 2. The SMILES string of the molecule is Cc1cc(C(C)(C)C(F)(F)F)c(C)cc1-c1cc(=O)c2c(C(=O)O)nccc2[nH]1. The Morgan fingerprint density at radius 1 is 1.10 bits per heavy atom. The number of aromatic carboxylic acids is 1. The molecule has 3 aromatic rings. The largest absolute Gasteiger partial charge is 0.476 e. The molecule has 29 heavy (non-hydrogen) atoms. The first kappa shape index (κ1) is 20.6. The van der Waals surface area contributed by atoms with E-state index in [0.717, 1.165) is 13.8 Å². The van der Waals surface area contributed by atoms with E-state index >= 15 is 0 Å². The predicted octanol–water partition coefficient (Wildman–Crippen LogP) is 4.75. The van der Waals surface area contributed by atoms with E-state index < -0.39 is 23.0 Å². The number of nitrogens with zero attached hydrogens (tertiary/aromatic N) is 1. The normalized spacial score (nSPS) is 12.4. The second-order valence-electron chi connectivity index (χ2n) is 7.54. The van der Waals surface area contributed by atoms with Crippen LogP contribution in [0.3, 0.4) is 0 Å². The summed E-state index contributed by atoms with van der Waals surface area (Å²) in [5.41, 5.74) is -0.511. The van der Waals surface area contributed by atoms with Crippen molar-refractivity contribution < 1.29 is 23.1 Å². The molecule has 0 aliphatic rings. The number of benzene rings is 1. The third kappa shape index (κ3) is 3.39. The number of carboxylic acid groups (broad SMARTS) is 1. The fraction of sp³-hybridized carbons (Fsp3) is 0.286. The summed E-state index contributed by atoms with van der Waals surface area (Å²) in [6, 6.07) is 5.81. The van der Waals surface area contributed by atoms with Crippen molar-refractivity contribution in [2.24, 2.45) is 0 Å². The van der Waals surface area contributed by atoms with E-state index in [1.54, 1.807) is 19.9 Å². The number of aromatic amines is 1. The van der Waals surface area contributed by atoms with Crippen LogP contribution in [0.5, 0.6) is 0 Å². The maximum atomic E-state index is 13.5. The number of hydrogen-bond donors (Lipinski definition) is 2. The van der Waals surface area contributed by atoms with Crippen molar-refractivity contribution in [1.29, 1.82) is 0 Å². The van der Waals surface area contributed by atoms with Gasteiger partial charge in [0.05, 0.1) is 16.3 Å². The van der Waals surface area contributed by atoms with E-state index in [4.69, 9.17) is 0 Å². The summed E-state index contributed by atoms with van der Waals surface area (Å²) in [6.07, 6.45) is -3.14. The third-order valence-electron chi connectivity index (χ3n) is 5.19. The first-order valence-electron chi connectivity index (χ1n) is 8.78. The van der Waals surface area contributed by atoms with Crippen LogP contribution in [0.25, 0.3) is 22.2 Å². The van der Waals surface area contributed by atoms with Gasteiger partial charge in [-0.1, -0.05) is 6.07 Å². The van der Waals surface area contributed by atoms with Gasteiger partial charge in [0, 0.05) is 23.5 Å². The van der Waals surface area contributed by atoms with Crippen LogP contribution in [0.1, 0.15) is 41.0 Å². The van der Waals surface area contributed by atoms with Gasteiger partial charge >= 0.3 is 12.1 Å². The average Bonchev–Trinajstić information content (AvgIpc) is 2.61. The number of nitrogens with one attached hydrogen (secondary N) is 1. The molecule has 8 heteroatoms. The fourth-order valence-electron chi connectivity index (χ4n) is 3.44. The Balaban J connectivity index is 2.23. The van der Waals surface area contributed by atoms with Crippen molar-refractivity contribution in [2.75, 3.05) is 0 Å². The number of rotatable bonds is 3. The van der Waals surface area contributed by atoms with Crippen molar-refractivity contribution in [3.63, 3.8) is 0 Å². The predicted molar refractivity (Wildman–Crippen MR) is 103 cm³/mol. The lowest BCUT2D eigenvalue weighted by Gasteiger charge is -2.30. The molecule has 2 aromatic heterocycles. The molecule has 2 N–H and O–H groups in total. The summed E-state index contributed by atoms with van der Waals surface area (Å²) in [5, 5.41) is 9.19. The zero-order valence-electron chi connectivity index (χ0n) is 16.2. The van der Waals surface area contributed by atoms with Gasteiger partial charge in [-0.2, -0.15) is 13.2 Å². The molecule has 0 unspecified atom stereocenters. The average molecular weight is 404 g/mol. The molecule has 0 fully saturated rings. The molecular formula is C21H19F3N2O3. The van der Waals surface area contributed by atoms with Crippen LogP contribution in [-0.4, -0.2) is 27.2 Å². The molecule has 0 bridgehead atoms. The van der Waals surface area contributed by atoms with Crippen LogP contribution in [0.15, 0.2) is 35.3 Å². The molecule has 0 amide bonds. The summed E-state index contributed by atoms with van der Waals surface area (Å²) in [7, 11) is 0. The van der Waals surface area contributed by atoms with Gasteiger partial charge < -0.3 is 10.1 Å². The maximum absolute atomic E-state index is 13.5. The first-order valence-corrected chi connectivity index (χ1v) is 8.78. The van der Waals surface area contributed by atoms with Crippen LogP contribution < -0.4 is 5.43 Å². The van der Waals surface area contributed by atoms with Crippen LogP contribution >= 0.6 is 0 Å². The Morgan fingerprint density at radius 3 is 2.34 bits per heavy atom. The highest BCUT2D eigenvalue weighted by Crippen LogP contribution is 2.43. The smallest absolute Gasteiger partial charge is 0.397 e. The van der Waals surface area contributed by atoms with Gasteiger partial charge in [-0.3, -0.25) is 4.79 Å². The molecule has 5 nitrogen and oxygen atoms in total. The fourth-order valence-corrected chi connectivity index (χ4v) is 3.44. The number of H-pyrrole nitrogens is 1. The van der Waals surface area contributed by atoms with Gasteiger partial charge in [-0.15, -0.1) is 0 Å². The van der Waals surface area contributed by atoms with E-state index in [9.17, 15) is 27.9 Å². The van der Waals surface area contributed by atoms with E-state index in [2.05, 4.69) is 9.97 Å². The summed E-state index contributed by atoms with van der Waals surface area (Å²) in [6.45, 7) is 5.53. The van der Waals surface area contributed by atoms with Crippen LogP contribution in [0.2, 0.25) is 0 Å². The zero-order valence-corrected chi connectivity index (χ0v) is 16.2. The minimum Gasteiger partial charge on any atom is -0.476 e. The van der Waals surface area contributed by atoms with Gasteiger partial charge in [0.1, 0.15) is 0 Å². The minimum absolute atomic E-state index is 0.0482. The Labute approximate surface area is 164 Å². The molecule has 2 heterocycles. The summed E-state index contributed by atoms with van der Waals surface area (Å²) >= 11 is 0. The molecular weight excluding hydrogens is 385 g/mol. The van der Waals surface area contributed by atoms with Gasteiger partial charge in [0.25, 0.3) is 0 Å². The number of fused-ring (bicyclic) bond motifs is 1. The molecule has 0 spiro atoms. The van der Waals surface area contributed by atoms with Crippen LogP contribution in [0.4, 0.5) is 13.2 Å². The minimum atomic E-state index is -4.41. The van der Waals surface area contributed by atoms with Crippen molar-refractivity contribution in [1.82, 2.24) is 9.97 Å². The van der Waals surface area contributed by atoms with Crippen molar-refractivity contribution in [3.8, 4) is 11.3 Å². The lowest BCUT2D eigenvalue weighted by Crippen LogP contribution is -2.37. The molecule has 0 atom stereocenters. The van der Waals surface area contributed by atoms with Gasteiger partial charge in [0.2, 0.25) is 0 Å². The van der Waals surface area contributed by atoms with Gasteiger partial charge in [-0.25, -0.2) is 9.78 Å². The number of alkyl halides is 3. The molecule has 3 rings (SSSR count). The highest BCUT2D eigenvalue weighted by Gasteiger charge is 2.49. The molecule has 0 aliphatic heterocycles. The summed E-state index contributed by atoms with van der Waals surface area (Å²) in [5.74, 6) is -1.32. The number of aryl methyl sites for hydroxylation is 2. The van der Waals surface area contributed by atoms with Crippen molar-refractivity contribution in [2.45, 2.75) is 39.3 Å². The monoisotopic (exact) mass is 404 g/mol. The van der Waals surface area contributed by atoms with Gasteiger partial charge in [0.15, 0.2) is 11.1 Å². The molecule has 152 valence electrons. The second-order valence-corrected chi connectivity index (χ2v) is 7.54. The highest BCUT2D eigenvalue weighted by molar-refractivity contribution is 6.00.